The molecule has 2 N–H and O–H groups in total. The van der Waals surface area contributed by atoms with Crippen LogP contribution in [0.2, 0.25) is 0 Å². The Morgan fingerprint density at radius 2 is 1.84 bits per heavy atom. The molecule has 0 aromatic heterocycles. The Bertz CT molecular complexity index is 438. The van der Waals surface area contributed by atoms with Gasteiger partial charge in [0.05, 0.1) is 5.56 Å². The lowest BCUT2D eigenvalue weighted by Gasteiger charge is -2.10. The van der Waals surface area contributed by atoms with Gasteiger partial charge in [0.15, 0.2) is 5.11 Å². The maximum Gasteiger partial charge on any atom is 0.416 e. The topological polar surface area (TPSA) is 24.1 Å². The van der Waals surface area contributed by atoms with Crippen LogP contribution in [0, 0.1) is 0 Å². The smallest absolute Gasteiger partial charge is 0.362 e. The monoisotopic (exact) mass is 288 g/mol. The molecule has 1 fully saturated rings. The molecule has 0 bridgehead atoms. The highest BCUT2D eigenvalue weighted by atomic mass is 32.1. The molecule has 1 aliphatic carbocycles. The molecule has 0 heterocycles. The summed E-state index contributed by atoms with van der Waals surface area (Å²) < 4.78 is 37.1. The fourth-order valence-electron chi connectivity index (χ4n) is 1.64. The highest BCUT2D eigenvalue weighted by molar-refractivity contribution is 7.80. The van der Waals surface area contributed by atoms with E-state index in [-0.39, 0.29) is 0 Å². The number of hydrogen-bond donors (Lipinski definition) is 2. The molecule has 0 saturated heterocycles. The van der Waals surface area contributed by atoms with Crippen molar-refractivity contribution in [1.29, 1.82) is 0 Å². The molecule has 0 amide bonds. The first-order valence-corrected chi connectivity index (χ1v) is 6.56. The van der Waals surface area contributed by atoms with Crippen molar-refractivity contribution in [3.05, 3.63) is 35.4 Å². The Hall–Kier alpha value is -1.30. The van der Waals surface area contributed by atoms with Crippen molar-refractivity contribution in [1.82, 2.24) is 10.6 Å². The van der Waals surface area contributed by atoms with E-state index in [4.69, 9.17) is 12.2 Å². The van der Waals surface area contributed by atoms with E-state index in [2.05, 4.69) is 10.6 Å². The summed E-state index contributed by atoms with van der Waals surface area (Å²) in [6.07, 6.45) is -1.32. The van der Waals surface area contributed by atoms with Gasteiger partial charge in [0, 0.05) is 12.6 Å². The second kappa shape index (κ2) is 5.77. The van der Waals surface area contributed by atoms with Gasteiger partial charge in [-0.1, -0.05) is 12.1 Å². The van der Waals surface area contributed by atoms with Crippen molar-refractivity contribution in [2.24, 2.45) is 0 Å². The zero-order chi connectivity index (χ0) is 13.9. The van der Waals surface area contributed by atoms with Crippen LogP contribution < -0.4 is 10.6 Å². The van der Waals surface area contributed by atoms with Crippen molar-refractivity contribution in [3.63, 3.8) is 0 Å². The fourth-order valence-corrected chi connectivity index (χ4v) is 1.91. The van der Waals surface area contributed by atoms with Crippen molar-refractivity contribution in [2.75, 3.05) is 6.54 Å². The first-order chi connectivity index (χ1) is 8.95. The number of hydrogen-bond acceptors (Lipinski definition) is 1. The van der Waals surface area contributed by atoms with Crippen molar-refractivity contribution in [3.8, 4) is 0 Å². The Balaban J connectivity index is 1.74. The Morgan fingerprint density at radius 1 is 1.21 bits per heavy atom. The molecule has 0 radical (unpaired) electrons. The summed E-state index contributed by atoms with van der Waals surface area (Å²) in [5.41, 5.74) is 0.241. The van der Waals surface area contributed by atoms with Gasteiger partial charge in [0.1, 0.15) is 0 Å². The molecule has 1 saturated carbocycles. The van der Waals surface area contributed by atoms with Crippen molar-refractivity contribution < 1.29 is 13.2 Å². The van der Waals surface area contributed by atoms with Crippen LogP contribution >= 0.6 is 12.2 Å². The number of rotatable bonds is 4. The zero-order valence-electron chi connectivity index (χ0n) is 10.3. The molecule has 104 valence electrons. The first-order valence-electron chi connectivity index (χ1n) is 6.15. The van der Waals surface area contributed by atoms with Crippen LogP contribution in [0.15, 0.2) is 24.3 Å². The highest BCUT2D eigenvalue weighted by Crippen LogP contribution is 2.29. The lowest BCUT2D eigenvalue weighted by Crippen LogP contribution is -2.37. The minimum absolute atomic E-state index is 0.506. The average molecular weight is 288 g/mol. The lowest BCUT2D eigenvalue weighted by atomic mass is 10.1. The summed E-state index contributed by atoms with van der Waals surface area (Å²) in [4.78, 5) is 0. The Labute approximate surface area is 115 Å². The number of benzene rings is 1. The maximum atomic E-state index is 12.4. The molecular formula is C13H15F3N2S. The number of thiocarbonyl (C=S) groups is 1. The standard InChI is InChI=1S/C13H15F3N2S/c14-13(15,16)10-3-1-9(2-4-10)7-8-17-12(19)18-11-5-6-11/h1-4,11H,5-8H2,(H2,17,18,19). The summed E-state index contributed by atoms with van der Waals surface area (Å²) in [5, 5.41) is 6.81. The maximum absolute atomic E-state index is 12.4. The molecule has 1 aromatic carbocycles. The third kappa shape index (κ3) is 4.70. The molecule has 0 atom stereocenters. The van der Waals surface area contributed by atoms with E-state index in [0.717, 1.165) is 30.5 Å². The Kier molecular flexibility index (Phi) is 4.29. The van der Waals surface area contributed by atoms with Gasteiger partial charge in [-0.3, -0.25) is 0 Å². The van der Waals surface area contributed by atoms with Gasteiger partial charge in [-0.25, -0.2) is 0 Å². The van der Waals surface area contributed by atoms with E-state index in [0.29, 0.717) is 24.1 Å². The van der Waals surface area contributed by atoms with Gasteiger partial charge >= 0.3 is 6.18 Å². The third-order valence-corrected chi connectivity index (χ3v) is 3.16. The van der Waals surface area contributed by atoms with E-state index >= 15 is 0 Å². The predicted molar refractivity (Wildman–Crippen MR) is 71.9 cm³/mol. The Morgan fingerprint density at radius 3 is 2.37 bits per heavy atom. The third-order valence-electron chi connectivity index (χ3n) is 2.89. The minimum Gasteiger partial charge on any atom is -0.362 e. The summed E-state index contributed by atoms with van der Waals surface area (Å²) in [6, 6.07) is 5.72. The van der Waals surface area contributed by atoms with Crippen LogP contribution in [-0.4, -0.2) is 17.7 Å². The van der Waals surface area contributed by atoms with E-state index in [1.807, 2.05) is 0 Å². The molecule has 6 heteroatoms. The summed E-state index contributed by atoms with van der Waals surface area (Å²) in [5.74, 6) is 0. The molecule has 2 nitrogen and oxygen atoms in total. The molecular weight excluding hydrogens is 273 g/mol. The lowest BCUT2D eigenvalue weighted by molar-refractivity contribution is -0.137. The largest absolute Gasteiger partial charge is 0.416 e. The van der Waals surface area contributed by atoms with Gasteiger partial charge in [-0.15, -0.1) is 0 Å². The molecule has 0 spiro atoms. The van der Waals surface area contributed by atoms with Crippen LogP contribution in [0.4, 0.5) is 13.2 Å². The van der Waals surface area contributed by atoms with Gasteiger partial charge in [0.25, 0.3) is 0 Å². The molecule has 2 rings (SSSR count). The van der Waals surface area contributed by atoms with Crippen LogP contribution in [-0.2, 0) is 12.6 Å². The van der Waals surface area contributed by atoms with Gasteiger partial charge in [-0.05, 0) is 49.2 Å². The van der Waals surface area contributed by atoms with Crippen molar-refractivity contribution >= 4 is 17.3 Å². The molecule has 0 unspecified atom stereocenters. The van der Waals surface area contributed by atoms with E-state index in [1.165, 1.54) is 12.1 Å². The second-order valence-corrected chi connectivity index (χ2v) is 5.03. The van der Waals surface area contributed by atoms with Gasteiger partial charge < -0.3 is 10.6 Å². The highest BCUT2D eigenvalue weighted by Gasteiger charge is 2.29. The molecule has 0 aliphatic heterocycles. The number of halogens is 3. The van der Waals surface area contributed by atoms with Crippen LogP contribution in [0.5, 0.6) is 0 Å². The summed E-state index contributed by atoms with van der Waals surface area (Å²) in [6.45, 7) is 0.615. The van der Waals surface area contributed by atoms with E-state index in [1.54, 1.807) is 0 Å². The number of nitrogens with one attached hydrogen (secondary N) is 2. The van der Waals surface area contributed by atoms with Crippen molar-refractivity contribution in [2.45, 2.75) is 31.5 Å². The van der Waals surface area contributed by atoms with Crippen LogP contribution in [0.3, 0.4) is 0 Å². The molecule has 1 aromatic rings. The second-order valence-electron chi connectivity index (χ2n) is 4.62. The summed E-state index contributed by atoms with van der Waals surface area (Å²) in [7, 11) is 0. The summed E-state index contributed by atoms with van der Waals surface area (Å²) >= 11 is 5.08. The molecule has 19 heavy (non-hydrogen) atoms. The van der Waals surface area contributed by atoms with Gasteiger partial charge in [0.2, 0.25) is 0 Å². The average Bonchev–Trinajstić information content (AvgIpc) is 3.12. The normalized spacial score (nSPS) is 15.1. The van der Waals surface area contributed by atoms with Crippen LogP contribution in [0.1, 0.15) is 24.0 Å². The zero-order valence-corrected chi connectivity index (χ0v) is 11.1. The fraction of sp³-hybridized carbons (Fsp3) is 0.462. The quantitative estimate of drug-likeness (QED) is 0.833. The first kappa shape index (κ1) is 14.1. The molecule has 1 aliphatic rings. The SMILES string of the molecule is FC(F)(F)c1ccc(CCNC(=S)NC2CC2)cc1. The predicted octanol–water partition coefficient (Wildman–Crippen LogP) is 2.87. The minimum atomic E-state index is -4.27. The number of alkyl halides is 3. The van der Waals surface area contributed by atoms with E-state index < -0.39 is 11.7 Å². The van der Waals surface area contributed by atoms with Gasteiger partial charge in [-0.2, -0.15) is 13.2 Å². The van der Waals surface area contributed by atoms with E-state index in [9.17, 15) is 13.2 Å². The van der Waals surface area contributed by atoms with Crippen LogP contribution in [0.25, 0.3) is 0 Å².